The summed E-state index contributed by atoms with van der Waals surface area (Å²) in [6.07, 6.45) is 3.17. The molecule has 0 saturated heterocycles. The first-order valence-electron chi connectivity index (χ1n) is 5.46. The first-order valence-corrected chi connectivity index (χ1v) is 5.84. The molecule has 1 heterocycles. The summed E-state index contributed by atoms with van der Waals surface area (Å²) in [6, 6.07) is 7.34. The van der Waals surface area contributed by atoms with Gasteiger partial charge in [0.2, 0.25) is 5.88 Å². The molecule has 0 aliphatic carbocycles. The fraction of sp³-hybridized carbons (Fsp3) is 0.231. The number of nitrogens with two attached hydrogens (primary N) is 1. The van der Waals surface area contributed by atoms with Crippen LogP contribution in [0.4, 0.5) is 0 Å². The molecule has 5 heteroatoms. The zero-order chi connectivity index (χ0) is 13.2. The lowest BCUT2D eigenvalue weighted by Gasteiger charge is -2.25. The molecular formula is C13H14ClN3O. The predicted octanol–water partition coefficient (Wildman–Crippen LogP) is 2.36. The van der Waals surface area contributed by atoms with Gasteiger partial charge in [-0.3, -0.25) is 4.98 Å². The zero-order valence-corrected chi connectivity index (χ0v) is 11.0. The molecule has 0 bridgehead atoms. The SMILES string of the molecule is COc1nccnc1C(C)(N)c1ccc(Cl)cc1. The van der Waals surface area contributed by atoms with E-state index in [9.17, 15) is 0 Å². The van der Waals surface area contributed by atoms with Gasteiger partial charge in [-0.1, -0.05) is 23.7 Å². The fourth-order valence-electron chi connectivity index (χ4n) is 1.76. The molecule has 0 aliphatic rings. The average molecular weight is 264 g/mol. The molecule has 18 heavy (non-hydrogen) atoms. The molecule has 0 radical (unpaired) electrons. The highest BCUT2D eigenvalue weighted by molar-refractivity contribution is 6.30. The highest BCUT2D eigenvalue weighted by atomic mass is 35.5. The average Bonchev–Trinajstić information content (AvgIpc) is 2.39. The Hall–Kier alpha value is -1.65. The molecule has 1 aromatic heterocycles. The summed E-state index contributed by atoms with van der Waals surface area (Å²) >= 11 is 5.87. The summed E-state index contributed by atoms with van der Waals surface area (Å²) in [7, 11) is 1.55. The first-order chi connectivity index (χ1) is 8.55. The van der Waals surface area contributed by atoms with Gasteiger partial charge in [0.25, 0.3) is 0 Å². The maximum Gasteiger partial charge on any atom is 0.237 e. The molecule has 4 nitrogen and oxygen atoms in total. The Balaban J connectivity index is 2.50. The van der Waals surface area contributed by atoms with Crippen molar-refractivity contribution in [1.29, 1.82) is 0 Å². The van der Waals surface area contributed by atoms with E-state index in [4.69, 9.17) is 22.1 Å². The van der Waals surface area contributed by atoms with Crippen LogP contribution in [-0.2, 0) is 5.54 Å². The lowest BCUT2D eigenvalue weighted by atomic mass is 9.89. The van der Waals surface area contributed by atoms with E-state index in [1.807, 2.05) is 19.1 Å². The molecule has 1 aromatic carbocycles. The van der Waals surface area contributed by atoms with Crippen LogP contribution in [0.2, 0.25) is 5.02 Å². The van der Waals surface area contributed by atoms with Crippen LogP contribution in [-0.4, -0.2) is 17.1 Å². The molecule has 0 fully saturated rings. The minimum Gasteiger partial charge on any atom is -0.480 e. The van der Waals surface area contributed by atoms with E-state index >= 15 is 0 Å². The monoisotopic (exact) mass is 263 g/mol. The van der Waals surface area contributed by atoms with Crippen molar-refractivity contribution < 1.29 is 4.74 Å². The van der Waals surface area contributed by atoms with Crippen LogP contribution in [0, 0.1) is 0 Å². The standard InChI is InChI=1S/C13H14ClN3O/c1-13(15,9-3-5-10(14)6-4-9)11-12(18-2)17-8-7-16-11/h3-8H,15H2,1-2H3. The number of aromatic nitrogens is 2. The van der Waals surface area contributed by atoms with Crippen molar-refractivity contribution >= 4 is 11.6 Å². The smallest absolute Gasteiger partial charge is 0.237 e. The minimum absolute atomic E-state index is 0.428. The summed E-state index contributed by atoms with van der Waals surface area (Å²) in [6.45, 7) is 1.86. The topological polar surface area (TPSA) is 61.0 Å². The van der Waals surface area contributed by atoms with E-state index in [1.165, 1.54) is 0 Å². The van der Waals surface area contributed by atoms with Gasteiger partial charge in [0, 0.05) is 17.4 Å². The van der Waals surface area contributed by atoms with Crippen LogP contribution in [0.25, 0.3) is 0 Å². The Morgan fingerprint density at radius 1 is 1.17 bits per heavy atom. The summed E-state index contributed by atoms with van der Waals surface area (Å²) in [4.78, 5) is 8.39. The van der Waals surface area contributed by atoms with E-state index in [0.717, 1.165) is 5.56 Å². The molecule has 0 aliphatic heterocycles. The van der Waals surface area contributed by atoms with Gasteiger partial charge < -0.3 is 10.5 Å². The highest BCUT2D eigenvalue weighted by Crippen LogP contribution is 2.30. The summed E-state index contributed by atoms with van der Waals surface area (Å²) in [5.74, 6) is 0.428. The quantitative estimate of drug-likeness (QED) is 0.924. The van der Waals surface area contributed by atoms with Crippen molar-refractivity contribution in [1.82, 2.24) is 9.97 Å². The number of nitrogens with zero attached hydrogens (tertiary/aromatic N) is 2. The number of methoxy groups -OCH3 is 1. The molecule has 0 amide bonds. The molecule has 1 atom stereocenters. The lowest BCUT2D eigenvalue weighted by molar-refractivity contribution is 0.376. The van der Waals surface area contributed by atoms with Gasteiger partial charge in [-0.05, 0) is 24.6 Å². The summed E-state index contributed by atoms with van der Waals surface area (Å²) in [5, 5.41) is 0.667. The predicted molar refractivity (Wildman–Crippen MR) is 70.7 cm³/mol. The van der Waals surface area contributed by atoms with E-state index in [1.54, 1.807) is 31.6 Å². The van der Waals surface area contributed by atoms with E-state index < -0.39 is 5.54 Å². The van der Waals surface area contributed by atoms with E-state index in [-0.39, 0.29) is 0 Å². The molecule has 0 saturated carbocycles. The third-order valence-electron chi connectivity index (χ3n) is 2.79. The van der Waals surface area contributed by atoms with Crippen molar-refractivity contribution in [3.8, 4) is 5.88 Å². The van der Waals surface area contributed by atoms with Gasteiger partial charge in [0.05, 0.1) is 12.6 Å². The van der Waals surface area contributed by atoms with Gasteiger partial charge in [0.1, 0.15) is 5.69 Å². The zero-order valence-electron chi connectivity index (χ0n) is 10.2. The molecule has 1 unspecified atom stereocenters. The number of benzene rings is 1. The number of hydrogen-bond donors (Lipinski definition) is 1. The fourth-order valence-corrected chi connectivity index (χ4v) is 1.89. The van der Waals surface area contributed by atoms with Crippen molar-refractivity contribution in [2.75, 3.05) is 7.11 Å². The Morgan fingerprint density at radius 2 is 1.78 bits per heavy atom. The number of hydrogen-bond acceptors (Lipinski definition) is 4. The maximum absolute atomic E-state index is 6.36. The normalized spacial score (nSPS) is 14.0. The largest absolute Gasteiger partial charge is 0.480 e. The highest BCUT2D eigenvalue weighted by Gasteiger charge is 2.29. The van der Waals surface area contributed by atoms with Gasteiger partial charge in [0.15, 0.2) is 0 Å². The van der Waals surface area contributed by atoms with Crippen LogP contribution in [0.3, 0.4) is 0 Å². The minimum atomic E-state index is -0.788. The van der Waals surface area contributed by atoms with Crippen LogP contribution < -0.4 is 10.5 Å². The van der Waals surface area contributed by atoms with E-state index in [2.05, 4.69) is 9.97 Å². The Kier molecular flexibility index (Phi) is 3.50. The summed E-state index contributed by atoms with van der Waals surface area (Å²) in [5.41, 5.74) is 7.06. The second kappa shape index (κ2) is 4.92. The van der Waals surface area contributed by atoms with Gasteiger partial charge >= 0.3 is 0 Å². The number of rotatable bonds is 3. The van der Waals surface area contributed by atoms with Gasteiger partial charge in [-0.15, -0.1) is 0 Å². The number of halogens is 1. The third-order valence-corrected chi connectivity index (χ3v) is 3.05. The summed E-state index contributed by atoms with van der Waals surface area (Å²) < 4.78 is 5.20. The van der Waals surface area contributed by atoms with Crippen LogP contribution in [0.5, 0.6) is 5.88 Å². The van der Waals surface area contributed by atoms with Crippen LogP contribution in [0.15, 0.2) is 36.7 Å². The van der Waals surface area contributed by atoms with Crippen molar-refractivity contribution in [2.45, 2.75) is 12.5 Å². The second-order valence-electron chi connectivity index (χ2n) is 4.12. The van der Waals surface area contributed by atoms with Gasteiger partial charge in [-0.2, -0.15) is 0 Å². The Labute approximate surface area is 111 Å². The van der Waals surface area contributed by atoms with Gasteiger partial charge in [-0.25, -0.2) is 4.98 Å². The first kappa shape index (κ1) is 12.8. The molecule has 0 spiro atoms. The Bertz CT molecular complexity index is 540. The number of ether oxygens (including phenoxy) is 1. The van der Waals surface area contributed by atoms with Crippen molar-refractivity contribution in [3.05, 3.63) is 52.9 Å². The molecule has 2 rings (SSSR count). The lowest BCUT2D eigenvalue weighted by Crippen LogP contribution is -2.36. The van der Waals surface area contributed by atoms with Crippen molar-refractivity contribution in [2.24, 2.45) is 5.73 Å². The van der Waals surface area contributed by atoms with Crippen LogP contribution >= 0.6 is 11.6 Å². The Morgan fingerprint density at radius 3 is 2.39 bits per heavy atom. The molecular weight excluding hydrogens is 250 g/mol. The molecule has 2 N–H and O–H groups in total. The third kappa shape index (κ3) is 2.30. The van der Waals surface area contributed by atoms with E-state index in [0.29, 0.717) is 16.6 Å². The van der Waals surface area contributed by atoms with Crippen molar-refractivity contribution in [3.63, 3.8) is 0 Å². The molecule has 94 valence electrons. The maximum atomic E-state index is 6.36. The molecule has 2 aromatic rings. The van der Waals surface area contributed by atoms with Crippen LogP contribution in [0.1, 0.15) is 18.2 Å². The second-order valence-corrected chi connectivity index (χ2v) is 4.56.